The zero-order valence-electron chi connectivity index (χ0n) is 7.89. The van der Waals surface area contributed by atoms with Crippen LogP contribution in [-0.2, 0) is 0 Å². The zero-order chi connectivity index (χ0) is 8.97. The minimum Gasteiger partial charge on any atom is -0.341 e. The summed E-state index contributed by atoms with van der Waals surface area (Å²) in [6, 6.07) is -0.0610. The summed E-state index contributed by atoms with van der Waals surface area (Å²) in [5.74, 6) is 1.48. The van der Waals surface area contributed by atoms with E-state index in [1.807, 2.05) is 0 Å². The Hall–Kier alpha value is -0.730. The lowest BCUT2D eigenvalue weighted by atomic mass is 9.98. The molecule has 3 nitrogen and oxygen atoms in total. The molecule has 70 valence electrons. The van der Waals surface area contributed by atoms with Crippen molar-refractivity contribution >= 4 is 6.03 Å². The van der Waals surface area contributed by atoms with E-state index in [9.17, 15) is 4.79 Å². The summed E-state index contributed by atoms with van der Waals surface area (Å²) < 4.78 is 0. The number of carbonyl (C=O) groups excluding carboxylic acids is 1. The molecular weight excluding hydrogens is 152 g/mol. The van der Waals surface area contributed by atoms with Crippen LogP contribution in [0.25, 0.3) is 0 Å². The molecule has 1 fully saturated rings. The second-order valence-electron chi connectivity index (χ2n) is 3.63. The van der Waals surface area contributed by atoms with Gasteiger partial charge in [0.2, 0.25) is 0 Å². The summed E-state index contributed by atoms with van der Waals surface area (Å²) in [6.07, 6.45) is 3.91. The maximum absolute atomic E-state index is 10.9. The molecule has 0 spiro atoms. The molecule has 1 saturated carbocycles. The van der Waals surface area contributed by atoms with Crippen molar-refractivity contribution in [1.29, 1.82) is 0 Å². The quantitative estimate of drug-likeness (QED) is 0.645. The van der Waals surface area contributed by atoms with E-state index >= 15 is 0 Å². The molecule has 0 aromatic carbocycles. The Kier molecular flexibility index (Phi) is 3.38. The molecule has 0 aliphatic heterocycles. The lowest BCUT2D eigenvalue weighted by molar-refractivity contribution is 0.239. The molecule has 12 heavy (non-hydrogen) atoms. The summed E-state index contributed by atoms with van der Waals surface area (Å²) in [5, 5.41) is 5.41. The Bertz CT molecular complexity index is 159. The first-order valence-electron chi connectivity index (χ1n) is 4.69. The summed E-state index contributed by atoms with van der Waals surface area (Å²) in [7, 11) is 1.65. The molecule has 2 unspecified atom stereocenters. The van der Waals surface area contributed by atoms with Gasteiger partial charge in [0.1, 0.15) is 0 Å². The first kappa shape index (κ1) is 9.36. The summed E-state index contributed by atoms with van der Waals surface area (Å²) >= 11 is 0. The summed E-state index contributed by atoms with van der Waals surface area (Å²) in [5.41, 5.74) is 0. The van der Waals surface area contributed by atoms with Crippen LogP contribution in [0.5, 0.6) is 0 Å². The smallest absolute Gasteiger partial charge is 0.314 e. The van der Waals surface area contributed by atoms with E-state index in [4.69, 9.17) is 0 Å². The van der Waals surface area contributed by atoms with Crippen molar-refractivity contribution in [3.63, 3.8) is 0 Å². The first-order chi connectivity index (χ1) is 5.74. The molecule has 0 bridgehead atoms. The van der Waals surface area contributed by atoms with Gasteiger partial charge in [-0.15, -0.1) is 0 Å². The van der Waals surface area contributed by atoms with Gasteiger partial charge in [0, 0.05) is 13.6 Å². The molecule has 0 aromatic rings. The van der Waals surface area contributed by atoms with Gasteiger partial charge in [-0.3, -0.25) is 0 Å². The maximum Gasteiger partial charge on any atom is 0.314 e. The van der Waals surface area contributed by atoms with Crippen molar-refractivity contribution in [3.8, 4) is 0 Å². The van der Waals surface area contributed by atoms with Crippen molar-refractivity contribution in [2.45, 2.75) is 26.2 Å². The van der Waals surface area contributed by atoms with Gasteiger partial charge in [-0.1, -0.05) is 19.8 Å². The second kappa shape index (κ2) is 4.33. The SMILES string of the molecule is CNC(=O)NCC1CCCC1C. The molecule has 1 aliphatic carbocycles. The van der Waals surface area contributed by atoms with E-state index in [1.165, 1.54) is 19.3 Å². The van der Waals surface area contributed by atoms with Crippen LogP contribution in [-0.4, -0.2) is 19.6 Å². The summed E-state index contributed by atoms with van der Waals surface area (Å²) in [6.45, 7) is 3.10. The third-order valence-corrected chi connectivity index (χ3v) is 2.79. The number of nitrogens with one attached hydrogen (secondary N) is 2. The Morgan fingerprint density at radius 1 is 1.50 bits per heavy atom. The number of amides is 2. The first-order valence-corrected chi connectivity index (χ1v) is 4.69. The van der Waals surface area contributed by atoms with Crippen molar-refractivity contribution in [2.24, 2.45) is 11.8 Å². The van der Waals surface area contributed by atoms with Crippen molar-refractivity contribution in [2.75, 3.05) is 13.6 Å². The predicted octanol–water partition coefficient (Wildman–Crippen LogP) is 1.35. The van der Waals surface area contributed by atoms with Gasteiger partial charge in [0.05, 0.1) is 0 Å². The highest BCUT2D eigenvalue weighted by Crippen LogP contribution is 2.30. The van der Waals surface area contributed by atoms with E-state index in [2.05, 4.69) is 17.6 Å². The average molecular weight is 170 g/mol. The number of urea groups is 1. The maximum atomic E-state index is 10.9. The van der Waals surface area contributed by atoms with Crippen LogP contribution in [0.1, 0.15) is 26.2 Å². The second-order valence-corrected chi connectivity index (χ2v) is 3.63. The topological polar surface area (TPSA) is 41.1 Å². The Labute approximate surface area is 73.9 Å². The molecule has 2 atom stereocenters. The Balaban J connectivity index is 2.18. The largest absolute Gasteiger partial charge is 0.341 e. The molecule has 2 N–H and O–H groups in total. The van der Waals surface area contributed by atoms with Gasteiger partial charge in [-0.05, 0) is 18.3 Å². The number of hydrogen-bond donors (Lipinski definition) is 2. The monoisotopic (exact) mass is 170 g/mol. The lowest BCUT2D eigenvalue weighted by Gasteiger charge is -2.15. The van der Waals surface area contributed by atoms with Crippen LogP contribution in [0.2, 0.25) is 0 Å². The third kappa shape index (κ3) is 2.40. The Morgan fingerprint density at radius 2 is 2.25 bits per heavy atom. The van der Waals surface area contributed by atoms with E-state index in [-0.39, 0.29) is 6.03 Å². The molecule has 2 amide bonds. The van der Waals surface area contributed by atoms with Crippen molar-refractivity contribution in [1.82, 2.24) is 10.6 Å². The van der Waals surface area contributed by atoms with E-state index in [1.54, 1.807) is 7.05 Å². The van der Waals surface area contributed by atoms with E-state index in [0.29, 0.717) is 5.92 Å². The highest BCUT2D eigenvalue weighted by atomic mass is 16.2. The molecule has 0 radical (unpaired) electrons. The minimum atomic E-state index is -0.0610. The van der Waals surface area contributed by atoms with E-state index in [0.717, 1.165) is 12.5 Å². The van der Waals surface area contributed by atoms with Crippen molar-refractivity contribution in [3.05, 3.63) is 0 Å². The number of carbonyl (C=O) groups is 1. The third-order valence-electron chi connectivity index (χ3n) is 2.79. The van der Waals surface area contributed by atoms with Crippen LogP contribution in [0.3, 0.4) is 0 Å². The Morgan fingerprint density at radius 3 is 2.75 bits per heavy atom. The minimum absolute atomic E-state index is 0.0610. The van der Waals surface area contributed by atoms with Crippen LogP contribution in [0.4, 0.5) is 4.79 Å². The zero-order valence-corrected chi connectivity index (χ0v) is 7.89. The van der Waals surface area contributed by atoms with Crippen LogP contribution in [0, 0.1) is 11.8 Å². The molecule has 0 aromatic heterocycles. The highest BCUT2D eigenvalue weighted by molar-refractivity contribution is 5.73. The lowest BCUT2D eigenvalue weighted by Crippen LogP contribution is -2.36. The molecule has 0 saturated heterocycles. The normalized spacial score (nSPS) is 28.5. The molecule has 3 heteroatoms. The molecule has 1 aliphatic rings. The molecule has 1 rings (SSSR count). The van der Waals surface area contributed by atoms with E-state index < -0.39 is 0 Å². The predicted molar refractivity (Wildman–Crippen MR) is 49.0 cm³/mol. The van der Waals surface area contributed by atoms with Crippen LogP contribution < -0.4 is 10.6 Å². The van der Waals surface area contributed by atoms with Gasteiger partial charge in [0.15, 0.2) is 0 Å². The molecular formula is C9H18N2O. The molecule has 0 heterocycles. The van der Waals surface area contributed by atoms with Gasteiger partial charge < -0.3 is 10.6 Å². The van der Waals surface area contributed by atoms with Crippen LogP contribution in [0.15, 0.2) is 0 Å². The average Bonchev–Trinajstić information content (AvgIpc) is 2.47. The van der Waals surface area contributed by atoms with Gasteiger partial charge >= 0.3 is 6.03 Å². The fourth-order valence-corrected chi connectivity index (χ4v) is 1.84. The highest BCUT2D eigenvalue weighted by Gasteiger charge is 2.23. The standard InChI is InChI=1S/C9H18N2O/c1-7-4-3-5-8(7)6-11-9(12)10-2/h7-8H,3-6H2,1-2H3,(H2,10,11,12). The van der Waals surface area contributed by atoms with Gasteiger partial charge in [-0.25, -0.2) is 4.79 Å². The van der Waals surface area contributed by atoms with Crippen LogP contribution >= 0.6 is 0 Å². The number of rotatable bonds is 2. The van der Waals surface area contributed by atoms with Gasteiger partial charge in [-0.2, -0.15) is 0 Å². The summed E-state index contributed by atoms with van der Waals surface area (Å²) in [4.78, 5) is 10.9. The fourth-order valence-electron chi connectivity index (χ4n) is 1.84. The van der Waals surface area contributed by atoms with Crippen molar-refractivity contribution < 1.29 is 4.79 Å². The fraction of sp³-hybridized carbons (Fsp3) is 0.889. The van der Waals surface area contributed by atoms with Gasteiger partial charge in [0.25, 0.3) is 0 Å². The number of hydrogen-bond acceptors (Lipinski definition) is 1.